The van der Waals surface area contributed by atoms with Crippen molar-refractivity contribution in [1.29, 1.82) is 0 Å². The maximum Gasteiger partial charge on any atom is 0.0607 e. The molecule has 0 aliphatic carbocycles. The molecule has 0 aromatic carbocycles. The molecular weight excluding hydrogens is 184 g/mol. The van der Waals surface area contributed by atoms with Crippen LogP contribution in [0, 0.1) is 0 Å². The van der Waals surface area contributed by atoms with Gasteiger partial charge in [0, 0.05) is 0 Å². The lowest BCUT2D eigenvalue weighted by Crippen LogP contribution is -2.45. The van der Waals surface area contributed by atoms with Crippen LogP contribution in [0.15, 0.2) is 0 Å². The molecule has 0 atom stereocenters. The van der Waals surface area contributed by atoms with E-state index in [2.05, 4.69) is 6.92 Å². The SMILES string of the molecule is CCCCCCCCCCCC(C)(N)N. The molecule has 0 amide bonds. The molecule has 0 aliphatic heterocycles. The van der Waals surface area contributed by atoms with E-state index in [4.69, 9.17) is 11.5 Å². The molecule has 2 heteroatoms. The summed E-state index contributed by atoms with van der Waals surface area (Å²) in [6, 6.07) is 0. The molecule has 0 fully saturated rings. The number of unbranched alkanes of at least 4 members (excludes halogenated alkanes) is 8. The molecule has 0 radical (unpaired) electrons. The summed E-state index contributed by atoms with van der Waals surface area (Å²) in [5, 5.41) is 0. The van der Waals surface area contributed by atoms with Crippen LogP contribution in [-0.4, -0.2) is 5.66 Å². The van der Waals surface area contributed by atoms with Crippen molar-refractivity contribution in [2.24, 2.45) is 11.5 Å². The summed E-state index contributed by atoms with van der Waals surface area (Å²) in [7, 11) is 0. The minimum atomic E-state index is -0.457. The van der Waals surface area contributed by atoms with Crippen LogP contribution in [-0.2, 0) is 0 Å². The van der Waals surface area contributed by atoms with Crippen LogP contribution >= 0.6 is 0 Å². The van der Waals surface area contributed by atoms with Crippen LogP contribution < -0.4 is 11.5 Å². The molecule has 0 heterocycles. The first-order chi connectivity index (χ1) is 7.06. The van der Waals surface area contributed by atoms with Gasteiger partial charge >= 0.3 is 0 Å². The summed E-state index contributed by atoms with van der Waals surface area (Å²) in [6.07, 6.45) is 13.1. The van der Waals surface area contributed by atoms with E-state index in [0.717, 1.165) is 6.42 Å². The summed E-state index contributed by atoms with van der Waals surface area (Å²) >= 11 is 0. The monoisotopic (exact) mass is 214 g/mol. The smallest absolute Gasteiger partial charge is 0.0607 e. The van der Waals surface area contributed by atoms with E-state index in [9.17, 15) is 0 Å². The molecule has 0 aromatic rings. The number of hydrogen-bond donors (Lipinski definition) is 2. The van der Waals surface area contributed by atoms with Gasteiger partial charge in [-0.15, -0.1) is 0 Å². The third-order valence-corrected chi connectivity index (χ3v) is 2.82. The van der Waals surface area contributed by atoms with Crippen molar-refractivity contribution in [2.75, 3.05) is 0 Å². The maximum absolute atomic E-state index is 5.71. The van der Waals surface area contributed by atoms with Gasteiger partial charge in [-0.3, -0.25) is 0 Å². The highest BCUT2D eigenvalue weighted by molar-refractivity contribution is 4.68. The Bertz CT molecular complexity index is 127. The highest BCUT2D eigenvalue weighted by Crippen LogP contribution is 2.12. The molecule has 0 saturated carbocycles. The number of nitrogens with two attached hydrogens (primary N) is 2. The third kappa shape index (κ3) is 13.9. The average molecular weight is 214 g/mol. The zero-order valence-corrected chi connectivity index (χ0v) is 10.7. The zero-order valence-electron chi connectivity index (χ0n) is 10.7. The molecule has 0 aromatic heterocycles. The molecule has 0 saturated heterocycles. The Balaban J connectivity index is 2.99. The Kier molecular flexibility index (Phi) is 9.12. The van der Waals surface area contributed by atoms with Crippen LogP contribution in [0.1, 0.15) is 78.1 Å². The fraction of sp³-hybridized carbons (Fsp3) is 1.00. The predicted molar refractivity (Wildman–Crippen MR) is 68.6 cm³/mol. The first-order valence-electron chi connectivity index (χ1n) is 6.64. The highest BCUT2D eigenvalue weighted by Gasteiger charge is 2.09. The highest BCUT2D eigenvalue weighted by atomic mass is 14.9. The Hall–Kier alpha value is -0.0800. The largest absolute Gasteiger partial charge is 0.314 e. The first-order valence-corrected chi connectivity index (χ1v) is 6.64. The Labute approximate surface area is 95.8 Å². The van der Waals surface area contributed by atoms with Crippen molar-refractivity contribution in [1.82, 2.24) is 0 Å². The molecule has 0 unspecified atom stereocenters. The van der Waals surface area contributed by atoms with Crippen molar-refractivity contribution in [2.45, 2.75) is 83.7 Å². The van der Waals surface area contributed by atoms with Crippen molar-refractivity contribution >= 4 is 0 Å². The van der Waals surface area contributed by atoms with Gasteiger partial charge < -0.3 is 11.5 Å². The Morgan fingerprint density at radius 1 is 0.733 bits per heavy atom. The maximum atomic E-state index is 5.71. The molecule has 0 aliphatic rings. The van der Waals surface area contributed by atoms with Crippen LogP contribution in [0.3, 0.4) is 0 Å². The summed E-state index contributed by atoms with van der Waals surface area (Å²) in [6.45, 7) is 4.16. The second-order valence-corrected chi connectivity index (χ2v) is 5.08. The van der Waals surface area contributed by atoms with E-state index in [1.54, 1.807) is 0 Å². The molecule has 0 rings (SSSR count). The Morgan fingerprint density at radius 2 is 1.13 bits per heavy atom. The summed E-state index contributed by atoms with van der Waals surface area (Å²) in [5.74, 6) is 0. The fourth-order valence-corrected chi connectivity index (χ4v) is 1.82. The van der Waals surface area contributed by atoms with E-state index in [-0.39, 0.29) is 0 Å². The van der Waals surface area contributed by atoms with Gasteiger partial charge in [-0.05, 0) is 13.3 Å². The van der Waals surface area contributed by atoms with Crippen LogP contribution in [0.2, 0.25) is 0 Å². The van der Waals surface area contributed by atoms with Crippen molar-refractivity contribution in [3.8, 4) is 0 Å². The minimum Gasteiger partial charge on any atom is -0.314 e. The van der Waals surface area contributed by atoms with Gasteiger partial charge in [0.2, 0.25) is 0 Å². The van der Waals surface area contributed by atoms with Crippen molar-refractivity contribution in [3.63, 3.8) is 0 Å². The zero-order chi connectivity index (χ0) is 11.6. The molecule has 2 nitrogen and oxygen atoms in total. The normalized spacial score (nSPS) is 12.0. The van der Waals surface area contributed by atoms with Crippen LogP contribution in [0.4, 0.5) is 0 Å². The average Bonchev–Trinajstić information content (AvgIpc) is 2.14. The van der Waals surface area contributed by atoms with Crippen molar-refractivity contribution < 1.29 is 0 Å². The predicted octanol–water partition coefficient (Wildman–Crippen LogP) is 3.54. The third-order valence-electron chi connectivity index (χ3n) is 2.82. The molecule has 4 N–H and O–H groups in total. The standard InChI is InChI=1S/C13H30N2/c1-3-4-5-6-7-8-9-10-11-12-13(2,14)15/h3-12,14-15H2,1-2H3. The Morgan fingerprint density at radius 3 is 1.53 bits per heavy atom. The number of rotatable bonds is 10. The molecule has 0 bridgehead atoms. The van der Waals surface area contributed by atoms with Gasteiger partial charge in [-0.25, -0.2) is 0 Å². The second-order valence-electron chi connectivity index (χ2n) is 5.08. The molecule has 92 valence electrons. The van der Waals surface area contributed by atoms with Crippen LogP contribution in [0.25, 0.3) is 0 Å². The van der Waals surface area contributed by atoms with E-state index >= 15 is 0 Å². The second kappa shape index (κ2) is 9.17. The van der Waals surface area contributed by atoms with E-state index in [0.29, 0.717) is 0 Å². The lowest BCUT2D eigenvalue weighted by molar-refractivity contribution is 0.420. The summed E-state index contributed by atoms with van der Waals surface area (Å²) < 4.78 is 0. The lowest BCUT2D eigenvalue weighted by atomic mass is 10.0. The van der Waals surface area contributed by atoms with Gasteiger partial charge in [-0.1, -0.05) is 64.7 Å². The summed E-state index contributed by atoms with van der Waals surface area (Å²) in [4.78, 5) is 0. The lowest BCUT2D eigenvalue weighted by Gasteiger charge is -2.17. The first kappa shape index (κ1) is 14.9. The van der Waals surface area contributed by atoms with E-state index in [1.165, 1.54) is 57.8 Å². The molecule has 0 spiro atoms. The minimum absolute atomic E-state index is 0.457. The van der Waals surface area contributed by atoms with Gasteiger partial charge in [-0.2, -0.15) is 0 Å². The van der Waals surface area contributed by atoms with Gasteiger partial charge in [0.25, 0.3) is 0 Å². The number of hydrogen-bond acceptors (Lipinski definition) is 2. The van der Waals surface area contributed by atoms with Gasteiger partial charge in [0.15, 0.2) is 0 Å². The molecular formula is C13H30N2. The topological polar surface area (TPSA) is 52.0 Å². The van der Waals surface area contributed by atoms with E-state index in [1.807, 2.05) is 6.92 Å². The van der Waals surface area contributed by atoms with Crippen molar-refractivity contribution in [3.05, 3.63) is 0 Å². The van der Waals surface area contributed by atoms with Gasteiger partial charge in [0.1, 0.15) is 0 Å². The summed E-state index contributed by atoms with van der Waals surface area (Å²) in [5.41, 5.74) is 11.0. The van der Waals surface area contributed by atoms with Gasteiger partial charge in [0.05, 0.1) is 5.66 Å². The quantitative estimate of drug-likeness (QED) is 0.432. The fourth-order valence-electron chi connectivity index (χ4n) is 1.82. The van der Waals surface area contributed by atoms with E-state index < -0.39 is 5.66 Å². The molecule has 15 heavy (non-hydrogen) atoms. The van der Waals surface area contributed by atoms with Crippen LogP contribution in [0.5, 0.6) is 0 Å².